The molecule has 0 fully saturated rings. The maximum absolute atomic E-state index is 12.7. The molecule has 1 aromatic heterocycles. The van der Waals surface area contributed by atoms with E-state index < -0.39 is 0 Å². The van der Waals surface area contributed by atoms with Crippen molar-refractivity contribution in [3.63, 3.8) is 0 Å². The van der Waals surface area contributed by atoms with E-state index in [0.29, 0.717) is 33.2 Å². The van der Waals surface area contributed by atoms with Gasteiger partial charge >= 0.3 is 0 Å². The number of carbonyl (C=O) groups is 3. The molecule has 1 aliphatic heterocycles. The fourth-order valence-corrected chi connectivity index (χ4v) is 3.75. The first-order chi connectivity index (χ1) is 14.5. The van der Waals surface area contributed by atoms with E-state index >= 15 is 0 Å². The maximum atomic E-state index is 12.7. The first-order valence-electron chi connectivity index (χ1n) is 9.19. The maximum Gasteiger partial charge on any atom is 0.272 e. The molecule has 0 radical (unpaired) electrons. The van der Waals surface area contributed by atoms with Crippen molar-refractivity contribution in [1.82, 2.24) is 4.98 Å². The summed E-state index contributed by atoms with van der Waals surface area (Å²) in [6, 6.07) is 20.4. The van der Waals surface area contributed by atoms with Crippen LogP contribution < -0.4 is 10.2 Å². The lowest BCUT2D eigenvalue weighted by Crippen LogP contribution is -2.29. The summed E-state index contributed by atoms with van der Waals surface area (Å²) in [5.41, 5.74) is 2.76. The number of aromatic amines is 1. The number of H-pyrrole nitrogens is 1. The summed E-state index contributed by atoms with van der Waals surface area (Å²) in [6.45, 7) is 0. The fraction of sp³-hybridized carbons (Fsp3) is 0. The lowest BCUT2D eigenvalue weighted by atomic mass is 10.1. The molecule has 2 N–H and O–H groups in total. The van der Waals surface area contributed by atoms with Gasteiger partial charge in [0.25, 0.3) is 17.7 Å². The Morgan fingerprint density at radius 1 is 0.867 bits per heavy atom. The van der Waals surface area contributed by atoms with Crippen molar-refractivity contribution in [3.05, 3.63) is 94.6 Å². The van der Waals surface area contributed by atoms with Crippen LogP contribution in [0.25, 0.3) is 10.9 Å². The number of benzene rings is 3. The molecule has 0 bridgehead atoms. The number of rotatable bonds is 3. The molecule has 0 aliphatic carbocycles. The van der Waals surface area contributed by atoms with Gasteiger partial charge in [-0.3, -0.25) is 14.4 Å². The van der Waals surface area contributed by atoms with Crippen LogP contribution in [-0.4, -0.2) is 22.7 Å². The average molecular weight is 416 g/mol. The summed E-state index contributed by atoms with van der Waals surface area (Å²) in [5, 5.41) is 4.21. The molecule has 1 aliphatic rings. The summed E-state index contributed by atoms with van der Waals surface area (Å²) < 4.78 is 0. The van der Waals surface area contributed by atoms with Crippen LogP contribution in [0.1, 0.15) is 31.2 Å². The highest BCUT2D eigenvalue weighted by Crippen LogP contribution is 2.30. The lowest BCUT2D eigenvalue weighted by Gasteiger charge is -2.15. The smallest absolute Gasteiger partial charge is 0.272 e. The number of nitrogens with one attached hydrogen (secondary N) is 2. The first kappa shape index (κ1) is 18.1. The molecule has 0 spiro atoms. The van der Waals surface area contributed by atoms with Crippen LogP contribution in [0.5, 0.6) is 0 Å². The van der Waals surface area contributed by atoms with Crippen LogP contribution in [0.15, 0.2) is 72.8 Å². The number of halogens is 1. The highest BCUT2D eigenvalue weighted by molar-refractivity contribution is 6.34. The molecule has 7 heteroatoms. The van der Waals surface area contributed by atoms with E-state index in [4.69, 9.17) is 11.6 Å². The number of nitrogens with zero attached hydrogens (tertiary/aromatic N) is 1. The zero-order chi connectivity index (χ0) is 20.8. The van der Waals surface area contributed by atoms with E-state index in [1.807, 2.05) is 0 Å². The summed E-state index contributed by atoms with van der Waals surface area (Å²) in [7, 11) is 0. The van der Waals surface area contributed by atoms with Gasteiger partial charge in [0.05, 0.1) is 16.8 Å². The third kappa shape index (κ3) is 2.94. The number of hydrogen-bond acceptors (Lipinski definition) is 3. The van der Waals surface area contributed by atoms with E-state index in [2.05, 4.69) is 10.3 Å². The molecule has 6 nitrogen and oxygen atoms in total. The first-order valence-corrected chi connectivity index (χ1v) is 9.56. The van der Waals surface area contributed by atoms with Gasteiger partial charge in [-0.05, 0) is 54.6 Å². The second-order valence-electron chi connectivity index (χ2n) is 6.91. The molecule has 30 heavy (non-hydrogen) atoms. The van der Waals surface area contributed by atoms with Gasteiger partial charge < -0.3 is 10.3 Å². The van der Waals surface area contributed by atoms with Crippen LogP contribution in [-0.2, 0) is 0 Å². The van der Waals surface area contributed by atoms with Gasteiger partial charge in [-0.1, -0.05) is 29.8 Å². The van der Waals surface area contributed by atoms with E-state index in [0.717, 1.165) is 15.8 Å². The standard InChI is InChI=1S/C23H14ClN3O3/c24-14-8-9-19-13(10-14)11-20(26-19)21(28)25-15-4-3-5-16(12-15)27-22(29)17-6-1-2-7-18(17)23(27)30/h1-12,26H,(H,25,28). The van der Waals surface area contributed by atoms with Crippen LogP contribution in [0.2, 0.25) is 5.02 Å². The molecule has 0 saturated heterocycles. The highest BCUT2D eigenvalue weighted by Gasteiger charge is 2.36. The summed E-state index contributed by atoms with van der Waals surface area (Å²) >= 11 is 6.00. The number of imide groups is 1. The summed E-state index contributed by atoms with van der Waals surface area (Å²) in [6.07, 6.45) is 0. The molecule has 3 amide bonds. The van der Waals surface area contributed by atoms with Crippen LogP contribution in [0.3, 0.4) is 0 Å². The summed E-state index contributed by atoms with van der Waals surface area (Å²) in [4.78, 5) is 42.2. The zero-order valence-electron chi connectivity index (χ0n) is 15.5. The molecular formula is C23H14ClN3O3. The Balaban J connectivity index is 1.42. The van der Waals surface area contributed by atoms with Crippen LogP contribution in [0, 0.1) is 0 Å². The highest BCUT2D eigenvalue weighted by atomic mass is 35.5. The molecule has 3 aromatic carbocycles. The minimum absolute atomic E-state index is 0.346. The van der Waals surface area contributed by atoms with E-state index in [9.17, 15) is 14.4 Å². The predicted octanol–water partition coefficient (Wildman–Crippen LogP) is 4.87. The Morgan fingerprint density at radius 3 is 2.33 bits per heavy atom. The Labute approximate surface area is 176 Å². The van der Waals surface area contributed by atoms with Crippen molar-refractivity contribution in [2.75, 3.05) is 10.2 Å². The predicted molar refractivity (Wildman–Crippen MR) is 115 cm³/mol. The topological polar surface area (TPSA) is 82.3 Å². The monoisotopic (exact) mass is 415 g/mol. The van der Waals surface area contributed by atoms with Gasteiger partial charge in [0, 0.05) is 21.6 Å². The second-order valence-corrected chi connectivity index (χ2v) is 7.35. The van der Waals surface area contributed by atoms with Crippen molar-refractivity contribution < 1.29 is 14.4 Å². The molecule has 146 valence electrons. The number of aromatic nitrogens is 1. The van der Waals surface area contributed by atoms with Gasteiger partial charge in [-0.25, -0.2) is 4.90 Å². The van der Waals surface area contributed by atoms with Crippen molar-refractivity contribution in [2.24, 2.45) is 0 Å². The largest absolute Gasteiger partial charge is 0.351 e. The van der Waals surface area contributed by atoms with Crippen molar-refractivity contribution in [2.45, 2.75) is 0 Å². The zero-order valence-corrected chi connectivity index (χ0v) is 16.2. The Bertz CT molecular complexity index is 1320. The number of fused-ring (bicyclic) bond motifs is 2. The van der Waals surface area contributed by atoms with E-state index in [1.165, 1.54) is 0 Å². The third-order valence-electron chi connectivity index (χ3n) is 4.98. The minimum atomic E-state index is -0.383. The van der Waals surface area contributed by atoms with Crippen molar-refractivity contribution in [3.8, 4) is 0 Å². The SMILES string of the molecule is O=C(Nc1cccc(N2C(=O)c3ccccc3C2=O)c1)c1cc2cc(Cl)ccc2[nH]1. The summed E-state index contributed by atoms with van der Waals surface area (Å²) in [5.74, 6) is -1.11. The number of carbonyl (C=O) groups excluding carboxylic acids is 3. The van der Waals surface area contributed by atoms with E-state index in [1.54, 1.807) is 72.8 Å². The molecule has 4 aromatic rings. The van der Waals surface area contributed by atoms with Gasteiger partial charge in [-0.2, -0.15) is 0 Å². The Kier molecular flexibility index (Phi) is 4.15. The minimum Gasteiger partial charge on any atom is -0.351 e. The third-order valence-corrected chi connectivity index (χ3v) is 5.22. The number of amides is 3. The number of hydrogen-bond donors (Lipinski definition) is 2. The van der Waals surface area contributed by atoms with Gasteiger partial charge in [0.2, 0.25) is 0 Å². The van der Waals surface area contributed by atoms with Gasteiger partial charge in [0.15, 0.2) is 0 Å². The second kappa shape index (κ2) is 6.86. The Morgan fingerprint density at radius 2 is 1.60 bits per heavy atom. The molecule has 5 rings (SSSR count). The van der Waals surface area contributed by atoms with Crippen LogP contribution in [0.4, 0.5) is 11.4 Å². The fourth-order valence-electron chi connectivity index (χ4n) is 3.57. The number of anilines is 2. The molecule has 0 saturated carbocycles. The molecule has 2 heterocycles. The normalized spacial score (nSPS) is 13.0. The quantitative estimate of drug-likeness (QED) is 0.468. The Hall–Kier alpha value is -3.90. The van der Waals surface area contributed by atoms with Gasteiger partial charge in [0.1, 0.15) is 5.69 Å². The molecule has 0 unspecified atom stereocenters. The molecule has 0 atom stereocenters. The van der Waals surface area contributed by atoms with Crippen molar-refractivity contribution >= 4 is 51.6 Å². The van der Waals surface area contributed by atoms with Crippen molar-refractivity contribution in [1.29, 1.82) is 0 Å². The van der Waals surface area contributed by atoms with Crippen LogP contribution >= 0.6 is 11.6 Å². The molecular weight excluding hydrogens is 402 g/mol. The average Bonchev–Trinajstić information content (AvgIpc) is 3.27. The van der Waals surface area contributed by atoms with E-state index in [-0.39, 0.29) is 17.7 Å². The van der Waals surface area contributed by atoms with Gasteiger partial charge in [-0.15, -0.1) is 0 Å². The lowest BCUT2D eigenvalue weighted by molar-refractivity contribution is 0.0925.